The third kappa shape index (κ3) is 3.59. The molecule has 1 aromatic heterocycles. The number of alkyl halides is 1. The zero-order valence-electron chi connectivity index (χ0n) is 9.99. The Balaban J connectivity index is 2.25. The summed E-state index contributed by atoms with van der Waals surface area (Å²) in [7, 11) is 0. The fourth-order valence-electron chi connectivity index (χ4n) is 1.55. The van der Waals surface area contributed by atoms with Crippen LogP contribution in [0.5, 0.6) is 11.6 Å². The molecule has 0 fully saturated rings. The molecule has 94 valence electrons. The van der Waals surface area contributed by atoms with Gasteiger partial charge in [0.25, 0.3) is 0 Å². The quantitative estimate of drug-likeness (QED) is 0.568. The maximum Gasteiger partial charge on any atom is 0.219 e. The fourth-order valence-corrected chi connectivity index (χ4v) is 2.07. The molecule has 1 heterocycles. The molecule has 2 nitrogen and oxygen atoms in total. The molecule has 0 saturated heterocycles. The Kier molecular flexibility index (Phi) is 4.83. The number of aromatic nitrogens is 1. The third-order valence-corrected chi connectivity index (χ3v) is 3.50. The largest absolute Gasteiger partial charge is 0.439 e. The SMILES string of the molecule is CCc1cc(CCl)cc(Oc2ccc(I)cc2)n1. The van der Waals surface area contributed by atoms with E-state index in [1.54, 1.807) is 0 Å². The highest BCUT2D eigenvalue weighted by Gasteiger charge is 2.04. The summed E-state index contributed by atoms with van der Waals surface area (Å²) in [6.07, 6.45) is 0.869. The minimum absolute atomic E-state index is 0.471. The van der Waals surface area contributed by atoms with Crippen LogP contribution in [0.3, 0.4) is 0 Å². The molecular formula is C14H13ClINO. The van der Waals surface area contributed by atoms with Gasteiger partial charge in [0.15, 0.2) is 0 Å². The van der Waals surface area contributed by atoms with Gasteiger partial charge in [-0.2, -0.15) is 0 Å². The van der Waals surface area contributed by atoms with Crippen LogP contribution in [0.1, 0.15) is 18.2 Å². The number of hydrogen-bond acceptors (Lipinski definition) is 2. The van der Waals surface area contributed by atoms with Crippen LogP contribution >= 0.6 is 34.2 Å². The van der Waals surface area contributed by atoms with E-state index >= 15 is 0 Å². The summed E-state index contributed by atoms with van der Waals surface area (Å²) in [6, 6.07) is 11.8. The lowest BCUT2D eigenvalue weighted by atomic mass is 10.2. The average Bonchev–Trinajstić information content (AvgIpc) is 2.41. The van der Waals surface area contributed by atoms with Crippen molar-refractivity contribution in [2.45, 2.75) is 19.2 Å². The summed E-state index contributed by atoms with van der Waals surface area (Å²) >= 11 is 8.13. The highest BCUT2D eigenvalue weighted by atomic mass is 127. The Labute approximate surface area is 125 Å². The van der Waals surface area contributed by atoms with Crippen molar-refractivity contribution in [1.82, 2.24) is 4.98 Å². The molecule has 0 aliphatic carbocycles. The van der Waals surface area contributed by atoms with Crippen molar-refractivity contribution in [1.29, 1.82) is 0 Å². The molecule has 2 aromatic rings. The molecule has 0 amide bonds. The van der Waals surface area contributed by atoms with Crippen LogP contribution in [0.25, 0.3) is 0 Å². The minimum Gasteiger partial charge on any atom is -0.439 e. The van der Waals surface area contributed by atoms with E-state index in [2.05, 4.69) is 34.5 Å². The van der Waals surface area contributed by atoms with Crippen LogP contribution in [0, 0.1) is 3.57 Å². The van der Waals surface area contributed by atoms with Crippen molar-refractivity contribution < 1.29 is 4.74 Å². The molecule has 0 atom stereocenters. The highest BCUT2D eigenvalue weighted by Crippen LogP contribution is 2.22. The van der Waals surface area contributed by atoms with Gasteiger partial charge < -0.3 is 4.74 Å². The molecular weight excluding hydrogens is 361 g/mol. The molecule has 0 radical (unpaired) electrons. The summed E-state index contributed by atoms with van der Waals surface area (Å²) in [5.74, 6) is 1.86. The normalized spacial score (nSPS) is 10.4. The lowest BCUT2D eigenvalue weighted by Crippen LogP contribution is -1.95. The summed E-state index contributed by atoms with van der Waals surface area (Å²) in [5, 5.41) is 0. The number of aryl methyl sites for hydroxylation is 1. The van der Waals surface area contributed by atoms with Crippen molar-refractivity contribution in [2.75, 3.05) is 0 Å². The Morgan fingerprint density at radius 1 is 1.22 bits per heavy atom. The van der Waals surface area contributed by atoms with Gasteiger partial charge in [-0.15, -0.1) is 11.6 Å². The van der Waals surface area contributed by atoms with Crippen LogP contribution < -0.4 is 4.74 Å². The number of nitrogens with zero attached hydrogens (tertiary/aromatic N) is 1. The minimum atomic E-state index is 0.471. The molecule has 18 heavy (non-hydrogen) atoms. The second-order valence-corrected chi connectivity index (χ2v) is 5.36. The second kappa shape index (κ2) is 6.38. The van der Waals surface area contributed by atoms with Crippen LogP contribution in [0.4, 0.5) is 0 Å². The van der Waals surface area contributed by atoms with E-state index in [1.165, 1.54) is 3.57 Å². The monoisotopic (exact) mass is 373 g/mol. The van der Waals surface area contributed by atoms with E-state index in [0.29, 0.717) is 11.8 Å². The zero-order valence-corrected chi connectivity index (χ0v) is 12.9. The van der Waals surface area contributed by atoms with Gasteiger partial charge in [0.1, 0.15) is 5.75 Å². The van der Waals surface area contributed by atoms with Crippen LogP contribution in [-0.2, 0) is 12.3 Å². The van der Waals surface area contributed by atoms with E-state index in [1.807, 2.05) is 36.4 Å². The number of halogens is 2. The second-order valence-electron chi connectivity index (χ2n) is 3.85. The highest BCUT2D eigenvalue weighted by molar-refractivity contribution is 14.1. The van der Waals surface area contributed by atoms with Gasteiger partial charge in [0.05, 0.1) is 0 Å². The summed E-state index contributed by atoms with van der Waals surface area (Å²) in [6.45, 7) is 2.06. The van der Waals surface area contributed by atoms with Crippen LogP contribution in [-0.4, -0.2) is 4.98 Å². The Bertz CT molecular complexity index is 506. The van der Waals surface area contributed by atoms with E-state index in [0.717, 1.165) is 23.4 Å². The maximum absolute atomic E-state index is 5.87. The molecule has 2 rings (SSSR count). The Hall–Kier alpha value is -0.810. The van der Waals surface area contributed by atoms with Crippen molar-refractivity contribution in [3.8, 4) is 11.6 Å². The molecule has 0 bridgehead atoms. The van der Waals surface area contributed by atoms with Crippen molar-refractivity contribution in [3.05, 3.63) is 51.2 Å². The van der Waals surface area contributed by atoms with Gasteiger partial charge >= 0.3 is 0 Å². The Morgan fingerprint density at radius 3 is 2.56 bits per heavy atom. The molecule has 0 aliphatic heterocycles. The number of benzene rings is 1. The van der Waals surface area contributed by atoms with E-state index < -0.39 is 0 Å². The van der Waals surface area contributed by atoms with Crippen molar-refractivity contribution >= 4 is 34.2 Å². The van der Waals surface area contributed by atoms with Gasteiger partial charge in [-0.25, -0.2) is 4.98 Å². The average molecular weight is 374 g/mol. The van der Waals surface area contributed by atoms with E-state index in [4.69, 9.17) is 16.3 Å². The number of hydrogen-bond donors (Lipinski definition) is 0. The first kappa shape index (κ1) is 13.6. The lowest BCUT2D eigenvalue weighted by Gasteiger charge is -2.08. The number of pyridine rings is 1. The number of ether oxygens (including phenoxy) is 1. The molecule has 4 heteroatoms. The van der Waals surface area contributed by atoms with Gasteiger partial charge in [-0.1, -0.05) is 6.92 Å². The standard InChI is InChI=1S/C14H13ClINO/c1-2-12-7-10(9-15)8-14(17-12)18-13-5-3-11(16)4-6-13/h3-8H,2,9H2,1H3. The van der Waals surface area contributed by atoms with Crippen molar-refractivity contribution in [2.24, 2.45) is 0 Å². The van der Waals surface area contributed by atoms with Gasteiger partial charge in [0.2, 0.25) is 5.88 Å². The first-order valence-electron chi connectivity index (χ1n) is 5.70. The summed E-state index contributed by atoms with van der Waals surface area (Å²) in [4.78, 5) is 4.43. The lowest BCUT2D eigenvalue weighted by molar-refractivity contribution is 0.460. The third-order valence-electron chi connectivity index (χ3n) is 2.47. The van der Waals surface area contributed by atoms with Gasteiger partial charge in [-0.3, -0.25) is 0 Å². The fraction of sp³-hybridized carbons (Fsp3) is 0.214. The number of rotatable bonds is 4. The van der Waals surface area contributed by atoms with Gasteiger partial charge in [0, 0.05) is 21.2 Å². The molecule has 0 aliphatic rings. The van der Waals surface area contributed by atoms with E-state index in [-0.39, 0.29) is 0 Å². The molecule has 0 unspecified atom stereocenters. The molecule has 0 saturated carbocycles. The Morgan fingerprint density at radius 2 is 1.94 bits per heavy atom. The molecule has 0 spiro atoms. The summed E-state index contributed by atoms with van der Waals surface area (Å²) in [5.41, 5.74) is 2.03. The van der Waals surface area contributed by atoms with E-state index in [9.17, 15) is 0 Å². The van der Waals surface area contributed by atoms with Gasteiger partial charge in [-0.05, 0) is 64.9 Å². The zero-order chi connectivity index (χ0) is 13.0. The van der Waals surface area contributed by atoms with Crippen molar-refractivity contribution in [3.63, 3.8) is 0 Å². The topological polar surface area (TPSA) is 22.1 Å². The predicted octanol–water partition coefficient (Wildman–Crippen LogP) is 4.78. The maximum atomic E-state index is 5.87. The first-order valence-corrected chi connectivity index (χ1v) is 7.32. The molecule has 1 aromatic carbocycles. The van der Waals surface area contributed by atoms with Crippen LogP contribution in [0.15, 0.2) is 36.4 Å². The smallest absolute Gasteiger partial charge is 0.219 e. The predicted molar refractivity (Wildman–Crippen MR) is 82.4 cm³/mol. The summed E-state index contributed by atoms with van der Waals surface area (Å²) < 4.78 is 6.92. The molecule has 0 N–H and O–H groups in total. The van der Waals surface area contributed by atoms with Crippen LogP contribution in [0.2, 0.25) is 0 Å². The first-order chi connectivity index (χ1) is 8.71.